The van der Waals surface area contributed by atoms with Crippen LogP contribution >= 0.6 is 11.6 Å². The smallest absolute Gasteiger partial charge is 0.118 e. The van der Waals surface area contributed by atoms with Crippen molar-refractivity contribution in [2.45, 2.75) is 32.2 Å². The number of rotatable bonds is 8. The molecule has 2 aromatic carbocycles. The standard InChI is InChI=1S/C19H24ClNO/c1-15(6-7-16-8-10-19(22-2)11-9-16)21-13-12-17-4-3-5-18(20)14-17/h3-5,8-11,14-15,21H,6-7,12-13H2,1-2H3/p+1/t15-/m1/s1. The number of nitrogens with two attached hydrogens (primary N) is 1. The summed E-state index contributed by atoms with van der Waals surface area (Å²) in [5.41, 5.74) is 2.68. The predicted octanol–water partition coefficient (Wildman–Crippen LogP) is 3.48. The Balaban J connectivity index is 1.68. The molecule has 0 spiro atoms. The zero-order valence-corrected chi connectivity index (χ0v) is 14.1. The minimum atomic E-state index is 0.626. The highest BCUT2D eigenvalue weighted by Gasteiger charge is 2.06. The minimum Gasteiger partial charge on any atom is -0.497 e. The molecule has 22 heavy (non-hydrogen) atoms. The van der Waals surface area contributed by atoms with E-state index in [1.807, 2.05) is 24.3 Å². The number of methoxy groups -OCH3 is 1. The zero-order valence-electron chi connectivity index (χ0n) is 13.4. The Labute approximate surface area is 138 Å². The van der Waals surface area contributed by atoms with Gasteiger partial charge in [-0.2, -0.15) is 0 Å². The Hall–Kier alpha value is -1.51. The summed E-state index contributed by atoms with van der Waals surface area (Å²) in [7, 11) is 1.70. The van der Waals surface area contributed by atoms with Crippen LogP contribution in [0, 0.1) is 0 Å². The maximum atomic E-state index is 6.01. The SMILES string of the molecule is COc1ccc(CC[C@@H](C)[NH2+]CCc2cccc(Cl)c2)cc1. The summed E-state index contributed by atoms with van der Waals surface area (Å²) < 4.78 is 5.18. The molecule has 2 rings (SSSR count). The van der Waals surface area contributed by atoms with Crippen molar-refractivity contribution >= 4 is 11.6 Å². The molecule has 3 heteroatoms. The van der Waals surface area contributed by atoms with Crippen molar-refractivity contribution in [1.82, 2.24) is 0 Å². The van der Waals surface area contributed by atoms with Gasteiger partial charge in [-0.15, -0.1) is 0 Å². The van der Waals surface area contributed by atoms with Crippen LogP contribution in [-0.4, -0.2) is 19.7 Å². The number of halogens is 1. The van der Waals surface area contributed by atoms with E-state index in [0.717, 1.165) is 30.2 Å². The van der Waals surface area contributed by atoms with Crippen LogP contribution in [0.15, 0.2) is 48.5 Å². The fraction of sp³-hybridized carbons (Fsp3) is 0.368. The third-order valence-electron chi connectivity index (χ3n) is 3.94. The van der Waals surface area contributed by atoms with E-state index in [0.29, 0.717) is 6.04 Å². The second kappa shape index (κ2) is 8.82. The quantitative estimate of drug-likeness (QED) is 0.792. The molecule has 0 aliphatic heterocycles. The molecule has 0 amide bonds. The van der Waals surface area contributed by atoms with Gasteiger partial charge in [0.25, 0.3) is 0 Å². The van der Waals surface area contributed by atoms with E-state index in [4.69, 9.17) is 16.3 Å². The van der Waals surface area contributed by atoms with E-state index in [1.165, 1.54) is 17.5 Å². The van der Waals surface area contributed by atoms with Gasteiger partial charge in [0, 0.05) is 17.9 Å². The van der Waals surface area contributed by atoms with Crippen LogP contribution in [0.2, 0.25) is 5.02 Å². The first-order chi connectivity index (χ1) is 10.7. The molecule has 0 heterocycles. The van der Waals surface area contributed by atoms with E-state index >= 15 is 0 Å². The molecule has 1 atom stereocenters. The van der Waals surface area contributed by atoms with E-state index in [2.05, 4.69) is 36.5 Å². The summed E-state index contributed by atoms with van der Waals surface area (Å²) in [6, 6.07) is 17.1. The third kappa shape index (κ3) is 5.70. The predicted molar refractivity (Wildman–Crippen MR) is 92.7 cm³/mol. The maximum absolute atomic E-state index is 6.01. The highest BCUT2D eigenvalue weighted by molar-refractivity contribution is 6.30. The van der Waals surface area contributed by atoms with E-state index in [-0.39, 0.29) is 0 Å². The normalized spacial score (nSPS) is 12.1. The number of benzene rings is 2. The molecular weight excluding hydrogens is 294 g/mol. The first-order valence-electron chi connectivity index (χ1n) is 7.88. The van der Waals surface area contributed by atoms with Crippen molar-refractivity contribution in [3.8, 4) is 5.75 Å². The lowest BCUT2D eigenvalue weighted by atomic mass is 10.1. The third-order valence-corrected chi connectivity index (χ3v) is 4.17. The lowest BCUT2D eigenvalue weighted by molar-refractivity contribution is -0.686. The fourth-order valence-electron chi connectivity index (χ4n) is 2.53. The monoisotopic (exact) mass is 318 g/mol. The van der Waals surface area contributed by atoms with Crippen molar-refractivity contribution in [3.05, 3.63) is 64.7 Å². The molecule has 0 aromatic heterocycles. The molecule has 2 N–H and O–H groups in total. The largest absolute Gasteiger partial charge is 0.497 e. The molecule has 0 fully saturated rings. The number of hydrogen-bond acceptors (Lipinski definition) is 1. The van der Waals surface area contributed by atoms with Gasteiger partial charge in [0.05, 0.1) is 19.7 Å². The number of quaternary nitrogens is 1. The van der Waals surface area contributed by atoms with Crippen molar-refractivity contribution in [2.75, 3.05) is 13.7 Å². The Bertz CT molecular complexity index is 568. The topological polar surface area (TPSA) is 25.8 Å². The lowest BCUT2D eigenvalue weighted by Crippen LogP contribution is -2.89. The summed E-state index contributed by atoms with van der Waals surface area (Å²) in [4.78, 5) is 0. The Kier molecular flexibility index (Phi) is 6.75. The van der Waals surface area contributed by atoms with Crippen molar-refractivity contribution in [2.24, 2.45) is 0 Å². The van der Waals surface area contributed by atoms with Gasteiger partial charge in [-0.05, 0) is 48.7 Å². The molecular formula is C19H25ClNO+. The fourth-order valence-corrected chi connectivity index (χ4v) is 2.74. The number of ether oxygens (including phenoxy) is 1. The molecule has 0 radical (unpaired) electrons. The summed E-state index contributed by atoms with van der Waals surface area (Å²) >= 11 is 6.01. The average molecular weight is 319 g/mol. The Morgan fingerprint density at radius 2 is 1.82 bits per heavy atom. The van der Waals surface area contributed by atoms with Crippen LogP contribution in [0.4, 0.5) is 0 Å². The van der Waals surface area contributed by atoms with Crippen LogP contribution in [0.25, 0.3) is 0 Å². The Morgan fingerprint density at radius 1 is 1.05 bits per heavy atom. The van der Waals surface area contributed by atoms with Gasteiger partial charge >= 0.3 is 0 Å². The van der Waals surface area contributed by atoms with Gasteiger partial charge in [0.2, 0.25) is 0 Å². The second-order valence-electron chi connectivity index (χ2n) is 5.77. The molecule has 0 saturated heterocycles. The number of aryl methyl sites for hydroxylation is 1. The van der Waals surface area contributed by atoms with Crippen LogP contribution in [0.5, 0.6) is 5.75 Å². The van der Waals surface area contributed by atoms with E-state index < -0.39 is 0 Å². The van der Waals surface area contributed by atoms with Gasteiger partial charge < -0.3 is 10.1 Å². The van der Waals surface area contributed by atoms with E-state index in [9.17, 15) is 0 Å². The van der Waals surface area contributed by atoms with Gasteiger partial charge in [0.15, 0.2) is 0 Å². The zero-order chi connectivity index (χ0) is 15.8. The molecule has 0 aliphatic carbocycles. The van der Waals surface area contributed by atoms with Gasteiger partial charge in [-0.25, -0.2) is 0 Å². The molecule has 2 nitrogen and oxygen atoms in total. The Morgan fingerprint density at radius 3 is 2.50 bits per heavy atom. The number of hydrogen-bond donors (Lipinski definition) is 1. The van der Waals surface area contributed by atoms with Crippen LogP contribution in [0.1, 0.15) is 24.5 Å². The van der Waals surface area contributed by atoms with Crippen molar-refractivity contribution in [3.63, 3.8) is 0 Å². The second-order valence-corrected chi connectivity index (χ2v) is 6.20. The van der Waals surface area contributed by atoms with Crippen molar-refractivity contribution < 1.29 is 10.1 Å². The van der Waals surface area contributed by atoms with Crippen LogP contribution < -0.4 is 10.1 Å². The van der Waals surface area contributed by atoms with Crippen molar-refractivity contribution in [1.29, 1.82) is 0 Å². The van der Waals surface area contributed by atoms with Gasteiger partial charge in [-0.3, -0.25) is 0 Å². The molecule has 2 aromatic rings. The maximum Gasteiger partial charge on any atom is 0.118 e. The summed E-state index contributed by atoms with van der Waals surface area (Å²) in [5.74, 6) is 0.921. The molecule has 0 saturated carbocycles. The minimum absolute atomic E-state index is 0.626. The molecule has 0 unspecified atom stereocenters. The van der Waals surface area contributed by atoms with Gasteiger partial charge in [0.1, 0.15) is 5.75 Å². The highest BCUT2D eigenvalue weighted by Crippen LogP contribution is 2.13. The first-order valence-corrected chi connectivity index (χ1v) is 8.26. The van der Waals surface area contributed by atoms with Gasteiger partial charge in [-0.1, -0.05) is 35.9 Å². The van der Waals surface area contributed by atoms with E-state index in [1.54, 1.807) is 7.11 Å². The first kappa shape index (κ1) is 16.9. The summed E-state index contributed by atoms with van der Waals surface area (Å²) in [5, 5.41) is 3.25. The summed E-state index contributed by atoms with van der Waals surface area (Å²) in [6.45, 7) is 3.39. The average Bonchev–Trinajstić information content (AvgIpc) is 2.53. The molecule has 0 aliphatic rings. The van der Waals surface area contributed by atoms with Crippen LogP contribution in [0.3, 0.4) is 0 Å². The molecule has 118 valence electrons. The summed E-state index contributed by atoms with van der Waals surface area (Å²) in [6.07, 6.45) is 3.36. The van der Waals surface area contributed by atoms with Crippen LogP contribution in [-0.2, 0) is 12.8 Å². The lowest BCUT2D eigenvalue weighted by Gasteiger charge is -2.11. The highest BCUT2D eigenvalue weighted by atomic mass is 35.5. The molecule has 0 bridgehead atoms.